The number of pyridine rings is 2. The molecule has 0 unspecified atom stereocenters. The van der Waals surface area contributed by atoms with Crippen molar-refractivity contribution in [3.05, 3.63) is 103 Å². The van der Waals surface area contributed by atoms with Crippen LogP contribution in [0, 0.1) is 24.9 Å². The first-order valence-electron chi connectivity index (χ1n) is 16.1. The van der Waals surface area contributed by atoms with Gasteiger partial charge in [0.2, 0.25) is 0 Å². The number of benzene rings is 2. The van der Waals surface area contributed by atoms with Gasteiger partial charge in [0.05, 0.1) is 17.6 Å². The number of hydrogen-bond donors (Lipinski definition) is 1. The second-order valence-corrected chi connectivity index (χ2v) is 13.6. The number of aromatic nitrogens is 2. The zero-order chi connectivity index (χ0) is 32.7. The molecule has 0 amide bonds. The van der Waals surface area contributed by atoms with Crippen molar-refractivity contribution >= 4 is 38.0 Å². The van der Waals surface area contributed by atoms with E-state index in [1.54, 1.807) is 11.3 Å². The van der Waals surface area contributed by atoms with Crippen LogP contribution in [0.3, 0.4) is 0 Å². The predicted octanol–water partition coefficient (Wildman–Crippen LogP) is 10.7. The standard InChI is InChI=1S/C27H23N2S.C13H24O2.Ir/c1-27(2,3)23-14-21(13-18-7-5-6-8-22(18)23)25-15-19(9-11-29(25)4)24-16-26-20(17-28-24)10-12-30-26;1-5-10(6-2)12(14)9-13(15)11(7-3)8-4;/h5-12,14-17H,4H2,1-3H3;9-11,14H,5-8H2,1-4H3;/q-1;;/b;12-9-;. The molecule has 4 nitrogen and oxygen atoms in total. The minimum atomic E-state index is 0. The quantitative estimate of drug-likeness (QED) is 0.0698. The Balaban J connectivity index is 0.000000309. The van der Waals surface area contributed by atoms with E-state index in [-0.39, 0.29) is 48.9 Å². The van der Waals surface area contributed by atoms with E-state index in [0.29, 0.717) is 0 Å². The van der Waals surface area contributed by atoms with Gasteiger partial charge in [-0.1, -0.05) is 77.6 Å². The molecule has 0 bridgehead atoms. The molecule has 1 N–H and O–H groups in total. The average Bonchev–Trinajstić information content (AvgIpc) is 3.50. The number of fused-ring (bicyclic) bond motifs is 2. The van der Waals surface area contributed by atoms with Crippen molar-refractivity contribution in [3.63, 3.8) is 0 Å². The molecule has 245 valence electrons. The van der Waals surface area contributed by atoms with Crippen LogP contribution >= 0.6 is 11.3 Å². The SMILES string of the molecule is CCC(CC)C(=O)/C=C(\O)C(CC)CC.[CH2-][n+]1ccc(-c2cc3sccc3cn2)cc1-c1[c-]c2ccccc2c(C(C)(C)C)c1.[Ir]. The topological polar surface area (TPSA) is 54.1 Å². The zero-order valence-corrected chi connectivity index (χ0v) is 31.4. The van der Waals surface area contributed by atoms with Crippen molar-refractivity contribution in [2.45, 2.75) is 79.6 Å². The Labute approximate surface area is 293 Å². The summed E-state index contributed by atoms with van der Waals surface area (Å²) in [6, 6.07) is 22.9. The van der Waals surface area contributed by atoms with Crippen molar-refractivity contribution < 1.29 is 34.6 Å². The van der Waals surface area contributed by atoms with Gasteiger partial charge in [-0.15, -0.1) is 40.5 Å². The van der Waals surface area contributed by atoms with Crippen molar-refractivity contribution in [2.75, 3.05) is 0 Å². The van der Waals surface area contributed by atoms with Crippen LogP contribution in [-0.4, -0.2) is 15.9 Å². The number of aliphatic hydroxyl groups is 1. The molecule has 5 rings (SSSR count). The van der Waals surface area contributed by atoms with Gasteiger partial charge in [-0.3, -0.25) is 9.78 Å². The molecule has 0 atom stereocenters. The number of hydrogen-bond acceptors (Lipinski definition) is 4. The Morgan fingerprint density at radius 1 is 1.00 bits per heavy atom. The van der Waals surface area contributed by atoms with E-state index in [1.165, 1.54) is 27.1 Å². The molecule has 1 radical (unpaired) electrons. The van der Waals surface area contributed by atoms with Crippen molar-refractivity contribution in [1.29, 1.82) is 0 Å². The Bertz CT molecular complexity index is 1790. The molecule has 0 saturated carbocycles. The molecule has 0 fully saturated rings. The van der Waals surface area contributed by atoms with E-state index in [4.69, 9.17) is 0 Å². The molecule has 6 heteroatoms. The third-order valence-electron chi connectivity index (χ3n) is 8.61. The number of allylic oxidation sites excluding steroid dienone is 2. The first-order chi connectivity index (χ1) is 21.5. The molecular formula is C40H47IrN2O2S-. The molecule has 0 saturated heterocycles. The van der Waals surface area contributed by atoms with Gasteiger partial charge in [0, 0.05) is 61.3 Å². The fourth-order valence-electron chi connectivity index (χ4n) is 5.70. The number of thiophene rings is 1. The number of rotatable bonds is 9. The van der Waals surface area contributed by atoms with Crippen LogP contribution in [0.4, 0.5) is 0 Å². The van der Waals surface area contributed by atoms with Gasteiger partial charge in [0.25, 0.3) is 0 Å². The summed E-state index contributed by atoms with van der Waals surface area (Å²) in [4.78, 5) is 16.4. The van der Waals surface area contributed by atoms with Crippen LogP contribution in [0.5, 0.6) is 0 Å². The van der Waals surface area contributed by atoms with Crippen LogP contribution < -0.4 is 4.57 Å². The van der Waals surface area contributed by atoms with E-state index < -0.39 is 0 Å². The van der Waals surface area contributed by atoms with Gasteiger partial charge in [-0.05, 0) is 66.3 Å². The Morgan fingerprint density at radius 3 is 2.33 bits per heavy atom. The van der Waals surface area contributed by atoms with E-state index in [1.807, 2.05) is 44.7 Å². The number of ketones is 1. The zero-order valence-electron chi connectivity index (χ0n) is 28.2. The van der Waals surface area contributed by atoms with E-state index in [0.717, 1.165) is 53.6 Å². The molecule has 0 aliphatic rings. The maximum absolute atomic E-state index is 11.7. The summed E-state index contributed by atoms with van der Waals surface area (Å²) in [7, 11) is 4.22. The Morgan fingerprint density at radius 2 is 1.67 bits per heavy atom. The molecule has 0 aliphatic heterocycles. The predicted molar refractivity (Wildman–Crippen MR) is 190 cm³/mol. The summed E-state index contributed by atoms with van der Waals surface area (Å²) < 4.78 is 3.17. The van der Waals surface area contributed by atoms with Crippen LogP contribution in [0.1, 0.15) is 79.7 Å². The van der Waals surface area contributed by atoms with Crippen LogP contribution in [0.25, 0.3) is 43.4 Å². The van der Waals surface area contributed by atoms with Gasteiger partial charge < -0.3 is 9.67 Å². The fourth-order valence-corrected chi connectivity index (χ4v) is 6.50. The normalized spacial score (nSPS) is 11.9. The smallest absolute Gasteiger partial charge is 0.162 e. The molecule has 3 heterocycles. The molecule has 0 aliphatic carbocycles. The summed E-state index contributed by atoms with van der Waals surface area (Å²) in [6.07, 6.45) is 8.86. The fraction of sp³-hybridized carbons (Fsp3) is 0.350. The number of carbonyl (C=O) groups is 1. The third kappa shape index (κ3) is 8.73. The molecular weight excluding hydrogens is 765 g/mol. The number of aliphatic hydroxyl groups excluding tert-OH is 1. The average molecular weight is 812 g/mol. The maximum atomic E-state index is 11.7. The molecule has 46 heavy (non-hydrogen) atoms. The minimum absolute atomic E-state index is 0. The summed E-state index contributed by atoms with van der Waals surface area (Å²) >= 11 is 1.74. The summed E-state index contributed by atoms with van der Waals surface area (Å²) in [6.45, 7) is 14.8. The Hall–Kier alpha value is -3.31. The second kappa shape index (κ2) is 16.5. The van der Waals surface area contributed by atoms with Gasteiger partial charge in [-0.25, -0.2) is 0 Å². The molecule has 3 aromatic heterocycles. The van der Waals surface area contributed by atoms with Crippen LogP contribution in [0.15, 0.2) is 84.2 Å². The molecule has 0 spiro atoms. The molecule has 5 aromatic rings. The summed E-state index contributed by atoms with van der Waals surface area (Å²) in [5, 5.41) is 15.4. The van der Waals surface area contributed by atoms with E-state index >= 15 is 0 Å². The minimum Gasteiger partial charge on any atom is -0.512 e. The van der Waals surface area contributed by atoms with E-state index in [9.17, 15) is 9.90 Å². The summed E-state index contributed by atoms with van der Waals surface area (Å²) in [5.41, 5.74) is 5.47. The molecule has 2 aromatic carbocycles. The first kappa shape index (κ1) is 37.2. The maximum Gasteiger partial charge on any atom is 0.162 e. The number of carbonyl (C=O) groups excluding carboxylic acids is 1. The van der Waals surface area contributed by atoms with E-state index in [2.05, 4.69) is 98.8 Å². The van der Waals surface area contributed by atoms with Gasteiger partial charge >= 0.3 is 0 Å². The number of nitrogens with zero attached hydrogens (tertiary/aromatic N) is 2. The van der Waals surface area contributed by atoms with Crippen LogP contribution in [-0.2, 0) is 30.3 Å². The van der Waals surface area contributed by atoms with Crippen molar-refractivity contribution in [1.82, 2.24) is 4.98 Å². The second-order valence-electron chi connectivity index (χ2n) is 12.7. The summed E-state index contributed by atoms with van der Waals surface area (Å²) in [5.74, 6) is 0.547. The van der Waals surface area contributed by atoms with Gasteiger partial charge in [-0.2, -0.15) is 0 Å². The van der Waals surface area contributed by atoms with Gasteiger partial charge in [0.15, 0.2) is 5.78 Å². The third-order valence-corrected chi connectivity index (χ3v) is 9.49. The van der Waals surface area contributed by atoms with Crippen molar-refractivity contribution in [3.8, 4) is 22.5 Å². The monoisotopic (exact) mass is 812 g/mol. The Kier molecular flexibility index (Phi) is 13.3. The first-order valence-corrected chi connectivity index (χ1v) is 17.0. The van der Waals surface area contributed by atoms with Crippen LogP contribution in [0.2, 0.25) is 0 Å². The van der Waals surface area contributed by atoms with Gasteiger partial charge in [0.1, 0.15) is 5.69 Å². The van der Waals surface area contributed by atoms with Crippen molar-refractivity contribution in [2.24, 2.45) is 11.8 Å². The largest absolute Gasteiger partial charge is 0.512 e.